The average molecular weight is 539 g/mol. The number of nitrogens with zero attached hydrogens (tertiary/aromatic N) is 4. The number of aryl methyl sites for hydroxylation is 2. The third-order valence-electron chi connectivity index (χ3n) is 4.50. The molecule has 0 spiro atoms. The van der Waals surface area contributed by atoms with Crippen LogP contribution < -0.4 is 10.6 Å². The van der Waals surface area contributed by atoms with E-state index in [0.29, 0.717) is 11.7 Å². The molecule has 0 fully saturated rings. The first kappa shape index (κ1) is 24.1. The van der Waals surface area contributed by atoms with E-state index >= 15 is 0 Å². The van der Waals surface area contributed by atoms with Crippen LogP contribution in [0.5, 0.6) is 0 Å². The predicted octanol–water partition coefficient (Wildman–Crippen LogP) is 4.09. The predicted molar refractivity (Wildman–Crippen MR) is 134 cm³/mol. The number of halogens is 2. The van der Waals surface area contributed by atoms with Crippen LogP contribution in [0, 0.1) is 0 Å². The summed E-state index contributed by atoms with van der Waals surface area (Å²) in [5, 5.41) is 7.16. The number of nitrogens with one attached hydrogen (secondary N) is 2. The molecule has 6 nitrogen and oxygen atoms in total. The van der Waals surface area contributed by atoms with Crippen LogP contribution in [0.4, 0.5) is 0 Å². The summed E-state index contributed by atoms with van der Waals surface area (Å²) in [4.78, 5) is 13.3. The molecule has 0 aliphatic carbocycles. The van der Waals surface area contributed by atoms with Crippen molar-refractivity contribution in [3.05, 3.63) is 83.2 Å². The fourth-order valence-electron chi connectivity index (χ4n) is 2.96. The first-order valence-electron chi connectivity index (χ1n) is 9.91. The maximum atomic E-state index is 5.83. The number of aromatic nitrogens is 3. The van der Waals surface area contributed by atoms with Gasteiger partial charge in [0.2, 0.25) is 0 Å². The molecular formula is C22H28ClIN6. The Morgan fingerprint density at radius 1 is 1.03 bits per heavy atom. The molecule has 0 saturated carbocycles. The lowest BCUT2D eigenvalue weighted by Crippen LogP contribution is -2.38. The first-order chi connectivity index (χ1) is 14.2. The van der Waals surface area contributed by atoms with Gasteiger partial charge in [0.05, 0.1) is 0 Å². The van der Waals surface area contributed by atoms with E-state index in [4.69, 9.17) is 16.6 Å². The van der Waals surface area contributed by atoms with Crippen molar-refractivity contribution in [1.29, 1.82) is 0 Å². The number of aliphatic imine (C=N–C) groups is 1. The van der Waals surface area contributed by atoms with Crippen LogP contribution in [0.2, 0.25) is 5.15 Å². The zero-order chi connectivity index (χ0) is 20.3. The molecule has 0 aliphatic rings. The molecule has 0 aliphatic heterocycles. The lowest BCUT2D eigenvalue weighted by atomic mass is 10.1. The molecule has 0 bridgehead atoms. The Balaban J connectivity index is 0.00000320. The van der Waals surface area contributed by atoms with Crippen LogP contribution in [0.15, 0.2) is 66.0 Å². The Morgan fingerprint density at radius 3 is 2.60 bits per heavy atom. The summed E-state index contributed by atoms with van der Waals surface area (Å²) in [7, 11) is 0. The van der Waals surface area contributed by atoms with Gasteiger partial charge in [-0.25, -0.2) is 15.0 Å². The van der Waals surface area contributed by atoms with Crippen molar-refractivity contribution in [2.45, 2.75) is 32.9 Å². The largest absolute Gasteiger partial charge is 0.357 e. The number of hydrogen-bond acceptors (Lipinski definition) is 3. The fraction of sp³-hybridized carbons (Fsp3) is 0.318. The zero-order valence-electron chi connectivity index (χ0n) is 17.1. The number of rotatable bonds is 9. The summed E-state index contributed by atoms with van der Waals surface area (Å²) in [6.07, 6.45) is 7.48. The second-order valence-corrected chi connectivity index (χ2v) is 7.02. The van der Waals surface area contributed by atoms with Gasteiger partial charge in [-0.3, -0.25) is 0 Å². The maximum absolute atomic E-state index is 5.83. The van der Waals surface area contributed by atoms with E-state index in [1.165, 1.54) is 5.56 Å². The minimum Gasteiger partial charge on any atom is -0.357 e. The Labute approximate surface area is 200 Å². The van der Waals surface area contributed by atoms with E-state index in [1.807, 2.05) is 30.6 Å². The highest BCUT2D eigenvalue weighted by molar-refractivity contribution is 14.0. The Morgan fingerprint density at radius 2 is 1.87 bits per heavy atom. The van der Waals surface area contributed by atoms with Gasteiger partial charge in [0.15, 0.2) is 5.96 Å². The van der Waals surface area contributed by atoms with E-state index in [-0.39, 0.29) is 24.0 Å². The lowest BCUT2D eigenvalue weighted by Gasteiger charge is -2.12. The topological polar surface area (TPSA) is 67.1 Å². The molecule has 1 aromatic carbocycles. The number of guanidine groups is 1. The maximum Gasteiger partial charge on any atom is 0.191 e. The zero-order valence-corrected chi connectivity index (χ0v) is 20.2. The molecule has 0 amide bonds. The van der Waals surface area contributed by atoms with E-state index in [2.05, 4.69) is 56.4 Å². The van der Waals surface area contributed by atoms with Crippen LogP contribution in [0.25, 0.3) is 0 Å². The molecule has 160 valence electrons. The standard InChI is InChI=1S/C22H27ClN6.HI/c1-2-24-22(26-12-10-19-8-9-20(23)27-16-19)28-17-21-25-13-15-29(21)14-11-18-6-4-3-5-7-18;/h3-9,13,15-16H,2,10-12,14,17H2,1H3,(H2,24,26,28);1H. The highest BCUT2D eigenvalue weighted by Crippen LogP contribution is 2.06. The highest BCUT2D eigenvalue weighted by Gasteiger charge is 2.04. The first-order valence-corrected chi connectivity index (χ1v) is 10.3. The minimum atomic E-state index is 0. The third-order valence-corrected chi connectivity index (χ3v) is 4.73. The van der Waals surface area contributed by atoms with Gasteiger partial charge in [-0.15, -0.1) is 24.0 Å². The summed E-state index contributed by atoms with van der Waals surface area (Å²) >= 11 is 5.83. The Kier molecular flexibility index (Phi) is 10.6. The average Bonchev–Trinajstić information content (AvgIpc) is 3.20. The summed E-state index contributed by atoms with van der Waals surface area (Å²) in [6, 6.07) is 14.3. The molecule has 8 heteroatoms. The Bertz CT molecular complexity index is 896. The van der Waals surface area contributed by atoms with Gasteiger partial charge in [-0.05, 0) is 37.0 Å². The van der Waals surface area contributed by atoms with Crippen LogP contribution in [0.3, 0.4) is 0 Å². The molecule has 0 saturated heterocycles. The van der Waals surface area contributed by atoms with Gasteiger partial charge in [-0.2, -0.15) is 0 Å². The molecule has 2 aromatic heterocycles. The SMILES string of the molecule is CCNC(=NCc1nccn1CCc1ccccc1)NCCc1ccc(Cl)nc1.I. The van der Waals surface area contributed by atoms with Crippen molar-refractivity contribution < 1.29 is 0 Å². The summed E-state index contributed by atoms with van der Waals surface area (Å²) in [6.45, 7) is 5.04. The van der Waals surface area contributed by atoms with E-state index in [9.17, 15) is 0 Å². The van der Waals surface area contributed by atoms with Crippen LogP contribution in [-0.2, 0) is 25.9 Å². The molecule has 0 unspecified atom stereocenters. The fourth-order valence-corrected chi connectivity index (χ4v) is 3.07. The lowest BCUT2D eigenvalue weighted by molar-refractivity contribution is 0.650. The molecule has 3 aromatic rings. The smallest absolute Gasteiger partial charge is 0.191 e. The van der Waals surface area contributed by atoms with Crippen molar-refractivity contribution in [3.63, 3.8) is 0 Å². The molecule has 2 heterocycles. The molecule has 0 atom stereocenters. The number of benzene rings is 1. The van der Waals surface area contributed by atoms with E-state index in [1.54, 1.807) is 6.20 Å². The highest BCUT2D eigenvalue weighted by atomic mass is 127. The van der Waals surface area contributed by atoms with Crippen molar-refractivity contribution in [2.24, 2.45) is 4.99 Å². The summed E-state index contributed by atoms with van der Waals surface area (Å²) < 4.78 is 2.17. The summed E-state index contributed by atoms with van der Waals surface area (Å²) in [5.41, 5.74) is 2.46. The second-order valence-electron chi connectivity index (χ2n) is 6.63. The van der Waals surface area contributed by atoms with E-state index in [0.717, 1.165) is 49.8 Å². The van der Waals surface area contributed by atoms with Gasteiger partial charge in [-0.1, -0.05) is 48.0 Å². The number of pyridine rings is 1. The molecule has 0 radical (unpaired) electrons. The van der Waals surface area contributed by atoms with Crippen molar-refractivity contribution in [2.75, 3.05) is 13.1 Å². The number of imidazole rings is 1. The Hall–Kier alpha value is -2.13. The van der Waals surface area contributed by atoms with Crippen LogP contribution in [-0.4, -0.2) is 33.6 Å². The van der Waals surface area contributed by atoms with Gasteiger partial charge in [0.1, 0.15) is 17.5 Å². The molecule has 30 heavy (non-hydrogen) atoms. The third kappa shape index (κ3) is 7.95. The molecule has 2 N–H and O–H groups in total. The van der Waals surface area contributed by atoms with Gasteiger partial charge < -0.3 is 15.2 Å². The summed E-state index contributed by atoms with van der Waals surface area (Å²) in [5.74, 6) is 1.74. The second kappa shape index (κ2) is 13.2. The van der Waals surface area contributed by atoms with Gasteiger partial charge in [0, 0.05) is 38.2 Å². The van der Waals surface area contributed by atoms with Gasteiger partial charge in [0.25, 0.3) is 0 Å². The van der Waals surface area contributed by atoms with Crippen molar-refractivity contribution >= 4 is 41.5 Å². The molecule has 3 rings (SSSR count). The van der Waals surface area contributed by atoms with Gasteiger partial charge >= 0.3 is 0 Å². The van der Waals surface area contributed by atoms with Crippen molar-refractivity contribution in [1.82, 2.24) is 25.2 Å². The van der Waals surface area contributed by atoms with Crippen LogP contribution >= 0.6 is 35.6 Å². The monoisotopic (exact) mass is 538 g/mol. The van der Waals surface area contributed by atoms with Crippen LogP contribution in [0.1, 0.15) is 23.9 Å². The quantitative estimate of drug-likeness (QED) is 0.186. The minimum absolute atomic E-state index is 0. The van der Waals surface area contributed by atoms with E-state index < -0.39 is 0 Å². The molecular weight excluding hydrogens is 511 g/mol. The number of hydrogen-bond donors (Lipinski definition) is 2. The normalized spacial score (nSPS) is 11.1. The van der Waals surface area contributed by atoms with Crippen molar-refractivity contribution in [3.8, 4) is 0 Å².